The maximum absolute atomic E-state index is 4.23. The molecule has 1 N–H and O–H groups in total. The number of nitrogens with zero attached hydrogens (tertiary/aromatic N) is 2. The van der Waals surface area contributed by atoms with Gasteiger partial charge in [-0.15, -0.1) is 0 Å². The highest BCUT2D eigenvalue weighted by Gasteiger charge is 1.93. The Hall–Kier alpha value is -0.640. The van der Waals surface area contributed by atoms with Gasteiger partial charge >= 0.3 is 0 Å². The number of nitrogens with one attached hydrogen (secondary N) is 1. The molecule has 1 aromatic rings. The number of aryl methyl sites for hydroxylation is 1. The molecule has 0 radical (unpaired) electrons. The third-order valence-corrected chi connectivity index (χ3v) is 2.67. The number of hydrogen-bond acceptors (Lipinski definition) is 3. The van der Waals surface area contributed by atoms with Crippen LogP contribution in [0.15, 0.2) is 12.3 Å². The molecule has 4 heteroatoms. The van der Waals surface area contributed by atoms with Gasteiger partial charge in [0.05, 0.1) is 0 Å². The third-order valence-electron chi connectivity index (χ3n) is 1.69. The van der Waals surface area contributed by atoms with Crippen LogP contribution in [0.25, 0.3) is 0 Å². The van der Waals surface area contributed by atoms with Gasteiger partial charge in [-0.2, -0.15) is 16.9 Å². The standard InChI is InChI=1S/C9H17N3S/c1-3-13-8-4-6-10-9-5-7-12(2)11-9/h5,7H,3-4,6,8H2,1-2H3,(H,10,11). The summed E-state index contributed by atoms with van der Waals surface area (Å²) in [5.41, 5.74) is 0. The lowest BCUT2D eigenvalue weighted by atomic mass is 10.5. The van der Waals surface area contributed by atoms with Gasteiger partial charge in [0, 0.05) is 25.9 Å². The van der Waals surface area contributed by atoms with Gasteiger partial charge in [-0.05, 0) is 17.9 Å². The lowest BCUT2D eigenvalue weighted by molar-refractivity contribution is 0.767. The number of thioether (sulfide) groups is 1. The van der Waals surface area contributed by atoms with Gasteiger partial charge < -0.3 is 5.32 Å². The Morgan fingerprint density at radius 1 is 1.62 bits per heavy atom. The highest BCUT2D eigenvalue weighted by Crippen LogP contribution is 2.03. The Morgan fingerprint density at radius 2 is 2.46 bits per heavy atom. The highest BCUT2D eigenvalue weighted by molar-refractivity contribution is 7.99. The van der Waals surface area contributed by atoms with Crippen molar-refractivity contribution in [1.29, 1.82) is 0 Å². The molecule has 0 unspecified atom stereocenters. The highest BCUT2D eigenvalue weighted by atomic mass is 32.2. The number of rotatable bonds is 6. The van der Waals surface area contributed by atoms with Crippen LogP contribution in [0.1, 0.15) is 13.3 Å². The summed E-state index contributed by atoms with van der Waals surface area (Å²) in [6.07, 6.45) is 3.15. The zero-order chi connectivity index (χ0) is 9.52. The fraction of sp³-hybridized carbons (Fsp3) is 0.667. The molecule has 0 aromatic carbocycles. The van der Waals surface area contributed by atoms with Crippen molar-refractivity contribution in [2.75, 3.05) is 23.4 Å². The smallest absolute Gasteiger partial charge is 0.147 e. The summed E-state index contributed by atoms with van der Waals surface area (Å²) >= 11 is 1.98. The minimum absolute atomic E-state index is 0.976. The van der Waals surface area contributed by atoms with E-state index in [1.54, 1.807) is 0 Å². The molecule has 1 aromatic heterocycles. The zero-order valence-corrected chi connectivity index (χ0v) is 9.10. The van der Waals surface area contributed by atoms with Crippen LogP contribution in [0.4, 0.5) is 5.82 Å². The lowest BCUT2D eigenvalue weighted by Gasteiger charge is -2.01. The second-order valence-corrected chi connectivity index (χ2v) is 4.25. The van der Waals surface area contributed by atoms with Gasteiger partial charge in [-0.1, -0.05) is 6.92 Å². The van der Waals surface area contributed by atoms with E-state index in [9.17, 15) is 0 Å². The molecule has 0 fully saturated rings. The first-order valence-electron chi connectivity index (χ1n) is 4.64. The second kappa shape index (κ2) is 5.91. The Morgan fingerprint density at radius 3 is 3.08 bits per heavy atom. The molecule has 3 nitrogen and oxygen atoms in total. The van der Waals surface area contributed by atoms with E-state index in [1.165, 1.54) is 17.9 Å². The molecule has 74 valence electrons. The molecule has 0 aliphatic carbocycles. The van der Waals surface area contributed by atoms with E-state index in [0.717, 1.165) is 12.4 Å². The number of aromatic nitrogens is 2. The summed E-state index contributed by atoms with van der Waals surface area (Å²) in [6, 6.07) is 1.99. The summed E-state index contributed by atoms with van der Waals surface area (Å²) in [6.45, 7) is 3.21. The van der Waals surface area contributed by atoms with Gasteiger partial charge in [0.15, 0.2) is 0 Å². The molecule has 1 rings (SSSR count). The van der Waals surface area contributed by atoms with Crippen molar-refractivity contribution < 1.29 is 0 Å². The van der Waals surface area contributed by atoms with E-state index in [-0.39, 0.29) is 0 Å². The summed E-state index contributed by atoms with van der Waals surface area (Å²) < 4.78 is 1.81. The van der Waals surface area contributed by atoms with E-state index in [2.05, 4.69) is 17.3 Å². The van der Waals surface area contributed by atoms with Crippen LogP contribution < -0.4 is 5.32 Å². The van der Waals surface area contributed by atoms with E-state index < -0.39 is 0 Å². The van der Waals surface area contributed by atoms with Crippen LogP contribution in [0.2, 0.25) is 0 Å². The molecule has 0 aliphatic heterocycles. The maximum Gasteiger partial charge on any atom is 0.147 e. The predicted octanol–water partition coefficient (Wildman–Crippen LogP) is 1.98. The quantitative estimate of drug-likeness (QED) is 0.710. The van der Waals surface area contributed by atoms with E-state index >= 15 is 0 Å². The Balaban J connectivity index is 2.06. The zero-order valence-electron chi connectivity index (χ0n) is 8.29. The molecular formula is C9H17N3S. The fourth-order valence-corrected chi connectivity index (χ4v) is 1.68. The number of hydrogen-bond donors (Lipinski definition) is 1. The van der Waals surface area contributed by atoms with Crippen molar-refractivity contribution in [2.24, 2.45) is 7.05 Å². The number of anilines is 1. The molecular weight excluding hydrogens is 182 g/mol. The summed E-state index contributed by atoms with van der Waals surface area (Å²) in [5.74, 6) is 3.42. The summed E-state index contributed by atoms with van der Waals surface area (Å²) in [7, 11) is 1.93. The minimum Gasteiger partial charge on any atom is -0.369 e. The SMILES string of the molecule is CCSCCCNc1ccn(C)n1. The predicted molar refractivity (Wildman–Crippen MR) is 59.3 cm³/mol. The molecule has 13 heavy (non-hydrogen) atoms. The summed E-state index contributed by atoms with van der Waals surface area (Å²) in [5, 5.41) is 7.51. The maximum atomic E-state index is 4.23. The van der Waals surface area contributed by atoms with Gasteiger partial charge in [0.25, 0.3) is 0 Å². The first kappa shape index (κ1) is 10.4. The average molecular weight is 199 g/mol. The van der Waals surface area contributed by atoms with Crippen molar-refractivity contribution in [1.82, 2.24) is 9.78 Å². The Kier molecular flexibility index (Phi) is 4.75. The van der Waals surface area contributed by atoms with E-state index in [0.29, 0.717) is 0 Å². The molecule has 0 amide bonds. The molecule has 0 bridgehead atoms. The van der Waals surface area contributed by atoms with Crippen LogP contribution in [-0.2, 0) is 7.05 Å². The van der Waals surface area contributed by atoms with Crippen LogP contribution in [0.5, 0.6) is 0 Å². The molecule has 0 aliphatic rings. The molecule has 0 saturated carbocycles. The summed E-state index contributed by atoms with van der Waals surface area (Å²) in [4.78, 5) is 0. The van der Waals surface area contributed by atoms with E-state index in [4.69, 9.17) is 0 Å². The van der Waals surface area contributed by atoms with Crippen molar-refractivity contribution >= 4 is 17.6 Å². The van der Waals surface area contributed by atoms with Gasteiger partial charge in [0.1, 0.15) is 5.82 Å². The first-order chi connectivity index (χ1) is 6.33. The van der Waals surface area contributed by atoms with Crippen LogP contribution in [0, 0.1) is 0 Å². The molecule has 0 atom stereocenters. The van der Waals surface area contributed by atoms with Gasteiger partial charge in [-0.3, -0.25) is 4.68 Å². The normalized spacial score (nSPS) is 10.3. The first-order valence-corrected chi connectivity index (χ1v) is 5.79. The van der Waals surface area contributed by atoms with Crippen molar-refractivity contribution in [3.63, 3.8) is 0 Å². The Bertz CT molecular complexity index is 235. The Labute approximate surface area is 83.9 Å². The van der Waals surface area contributed by atoms with Crippen molar-refractivity contribution in [2.45, 2.75) is 13.3 Å². The van der Waals surface area contributed by atoms with Crippen LogP contribution >= 0.6 is 11.8 Å². The van der Waals surface area contributed by atoms with E-state index in [1.807, 2.05) is 35.8 Å². The second-order valence-electron chi connectivity index (χ2n) is 2.85. The van der Waals surface area contributed by atoms with Gasteiger partial charge in [-0.25, -0.2) is 0 Å². The third kappa shape index (κ3) is 4.22. The molecule has 1 heterocycles. The molecule has 0 spiro atoms. The topological polar surface area (TPSA) is 29.9 Å². The van der Waals surface area contributed by atoms with Crippen LogP contribution in [0.3, 0.4) is 0 Å². The minimum atomic E-state index is 0.976. The van der Waals surface area contributed by atoms with Crippen LogP contribution in [-0.4, -0.2) is 27.8 Å². The van der Waals surface area contributed by atoms with Crippen molar-refractivity contribution in [3.8, 4) is 0 Å². The molecule has 0 saturated heterocycles. The monoisotopic (exact) mass is 199 g/mol. The fourth-order valence-electron chi connectivity index (χ4n) is 1.04. The van der Waals surface area contributed by atoms with Gasteiger partial charge in [0.2, 0.25) is 0 Å². The largest absolute Gasteiger partial charge is 0.369 e. The lowest BCUT2D eigenvalue weighted by Crippen LogP contribution is -2.03. The van der Waals surface area contributed by atoms with Crippen molar-refractivity contribution in [3.05, 3.63) is 12.3 Å². The average Bonchev–Trinajstić information content (AvgIpc) is 2.51.